The van der Waals surface area contributed by atoms with E-state index in [4.69, 9.17) is 11.6 Å². The molecule has 0 spiro atoms. The van der Waals surface area contributed by atoms with Gasteiger partial charge in [-0.2, -0.15) is 13.2 Å². The number of pyridine rings is 1. The normalized spacial score (nSPS) is 19.9. The van der Waals surface area contributed by atoms with Gasteiger partial charge in [0.1, 0.15) is 5.69 Å². The molecule has 5 rings (SSSR count). The second kappa shape index (κ2) is 10.5. The van der Waals surface area contributed by atoms with Crippen LogP contribution in [-0.2, 0) is 23.4 Å². The molecule has 208 valence electrons. The summed E-state index contributed by atoms with van der Waals surface area (Å²) in [6.07, 6.45) is 0.359. The van der Waals surface area contributed by atoms with Crippen LogP contribution in [0.4, 0.5) is 23.2 Å². The van der Waals surface area contributed by atoms with E-state index in [2.05, 4.69) is 15.2 Å². The number of carbonyl (C=O) groups excluding carboxylic acids is 1. The molecule has 1 atom stereocenters. The highest BCUT2D eigenvalue weighted by Gasteiger charge is 2.45. The lowest BCUT2D eigenvalue weighted by Crippen LogP contribution is -2.54. The third-order valence-electron chi connectivity index (χ3n) is 7.97. The Kier molecular flexibility index (Phi) is 7.37. The summed E-state index contributed by atoms with van der Waals surface area (Å²) in [4.78, 5) is 22.3. The zero-order chi connectivity index (χ0) is 27.9. The molecule has 0 unspecified atom stereocenters. The third kappa shape index (κ3) is 5.36. The van der Waals surface area contributed by atoms with Crippen molar-refractivity contribution < 1.29 is 22.4 Å². The van der Waals surface area contributed by atoms with Crippen LogP contribution in [0, 0.1) is 5.82 Å². The number of aromatic nitrogens is 2. The Bertz CT molecular complexity index is 1370. The summed E-state index contributed by atoms with van der Waals surface area (Å²) in [6.45, 7) is 2.31. The molecule has 3 aromatic rings. The number of hydrogen-bond donors (Lipinski definition) is 1. The van der Waals surface area contributed by atoms with Crippen LogP contribution in [0.15, 0.2) is 48.8 Å². The molecule has 0 aliphatic carbocycles. The molecule has 1 N–H and O–H groups in total. The average molecular weight is 564 g/mol. The topological polar surface area (TPSA) is 53.4 Å². The van der Waals surface area contributed by atoms with E-state index in [0.717, 1.165) is 31.6 Å². The van der Waals surface area contributed by atoms with Gasteiger partial charge < -0.3 is 19.7 Å². The lowest BCUT2D eigenvalue weighted by Gasteiger charge is -2.42. The summed E-state index contributed by atoms with van der Waals surface area (Å²) >= 11 is 6.26. The first-order chi connectivity index (χ1) is 18.5. The number of nitrogens with zero attached hydrogens (tertiary/aromatic N) is 4. The van der Waals surface area contributed by atoms with Crippen molar-refractivity contribution in [2.24, 2.45) is 7.05 Å². The van der Waals surface area contributed by atoms with Crippen molar-refractivity contribution in [2.45, 2.75) is 36.9 Å². The number of likely N-dealkylation sites (N-methyl/N-ethyl adjacent to an activating group) is 1. The molecule has 2 fully saturated rings. The highest BCUT2D eigenvalue weighted by atomic mass is 35.5. The van der Waals surface area contributed by atoms with Crippen LogP contribution in [-0.4, -0.2) is 59.6 Å². The average Bonchev–Trinajstić information content (AvgIpc) is 3.50. The Morgan fingerprint density at radius 1 is 1.13 bits per heavy atom. The summed E-state index contributed by atoms with van der Waals surface area (Å²) in [5.41, 5.74) is -0.0781. The standard InChI is InChI=1S/C28H30ClF4N5O/c1-36-11-7-20(17-36)35-26(39)27(19-15-22(30)25(34-16-19)24-4-3-10-37(24)2)8-12-38(13-9-27)23-6-5-18(14-21(23)29)28(31,32)33/h3-6,10,14-16,20H,7-9,11-13,17H2,1-2H3,(H,35,39)/t20-/m0/s1. The fourth-order valence-electron chi connectivity index (χ4n) is 5.69. The minimum atomic E-state index is -4.49. The Hall–Kier alpha value is -3.11. The van der Waals surface area contributed by atoms with Gasteiger partial charge >= 0.3 is 6.18 Å². The summed E-state index contributed by atoms with van der Waals surface area (Å²) in [5.74, 6) is -0.705. The van der Waals surface area contributed by atoms with Gasteiger partial charge in [0, 0.05) is 45.1 Å². The van der Waals surface area contributed by atoms with Gasteiger partial charge in [0.15, 0.2) is 5.82 Å². The molecule has 2 aliphatic rings. The molecule has 6 nitrogen and oxygen atoms in total. The van der Waals surface area contributed by atoms with Gasteiger partial charge in [0.05, 0.1) is 27.4 Å². The maximum Gasteiger partial charge on any atom is 0.416 e. The van der Waals surface area contributed by atoms with Crippen LogP contribution in [0.5, 0.6) is 0 Å². The largest absolute Gasteiger partial charge is 0.416 e. The molecule has 1 amide bonds. The number of nitrogens with one attached hydrogen (secondary N) is 1. The van der Waals surface area contributed by atoms with Crippen LogP contribution in [0.25, 0.3) is 11.4 Å². The fraction of sp³-hybridized carbons (Fsp3) is 0.429. The second-order valence-corrected chi connectivity index (χ2v) is 10.9. The molecule has 0 radical (unpaired) electrons. The number of alkyl halides is 3. The number of carbonyl (C=O) groups is 1. The van der Waals surface area contributed by atoms with E-state index in [-0.39, 0.29) is 22.7 Å². The molecule has 2 saturated heterocycles. The summed E-state index contributed by atoms with van der Waals surface area (Å²) in [5, 5.41) is 3.17. The minimum Gasteiger partial charge on any atom is -0.370 e. The van der Waals surface area contributed by atoms with Crippen LogP contribution < -0.4 is 10.2 Å². The van der Waals surface area contributed by atoms with Crippen molar-refractivity contribution >= 4 is 23.2 Å². The third-order valence-corrected chi connectivity index (χ3v) is 8.28. The number of amides is 1. The van der Waals surface area contributed by atoms with E-state index in [1.54, 1.807) is 36.1 Å². The summed E-state index contributed by atoms with van der Waals surface area (Å²) in [6, 6.07) is 8.26. The van der Waals surface area contributed by atoms with Crippen molar-refractivity contribution in [3.63, 3.8) is 0 Å². The van der Waals surface area contributed by atoms with Gasteiger partial charge in [-0.25, -0.2) is 4.39 Å². The zero-order valence-electron chi connectivity index (χ0n) is 21.7. The van der Waals surface area contributed by atoms with Crippen molar-refractivity contribution in [1.82, 2.24) is 19.8 Å². The Morgan fingerprint density at radius 3 is 2.44 bits per heavy atom. The van der Waals surface area contributed by atoms with Gasteiger partial charge in [0.25, 0.3) is 0 Å². The lowest BCUT2D eigenvalue weighted by atomic mass is 9.72. The van der Waals surface area contributed by atoms with E-state index < -0.39 is 23.0 Å². The van der Waals surface area contributed by atoms with Gasteiger partial charge in [-0.05, 0) is 74.8 Å². The molecule has 2 aliphatic heterocycles. The molecule has 4 heterocycles. The van der Waals surface area contributed by atoms with E-state index in [1.807, 2.05) is 11.9 Å². The first-order valence-corrected chi connectivity index (χ1v) is 13.2. The van der Waals surface area contributed by atoms with Crippen molar-refractivity contribution in [3.05, 3.63) is 70.8 Å². The van der Waals surface area contributed by atoms with Gasteiger partial charge in [-0.3, -0.25) is 9.78 Å². The van der Waals surface area contributed by atoms with E-state index >= 15 is 4.39 Å². The molecule has 0 bridgehead atoms. The Balaban J connectivity index is 1.44. The van der Waals surface area contributed by atoms with Gasteiger partial charge in [-0.15, -0.1) is 0 Å². The molecular weight excluding hydrogens is 534 g/mol. The zero-order valence-corrected chi connectivity index (χ0v) is 22.5. The predicted molar refractivity (Wildman–Crippen MR) is 142 cm³/mol. The minimum absolute atomic E-state index is 0.00426. The molecule has 1 aromatic carbocycles. The highest BCUT2D eigenvalue weighted by Crippen LogP contribution is 2.41. The quantitative estimate of drug-likeness (QED) is 0.431. The van der Waals surface area contributed by atoms with Crippen LogP contribution in [0.2, 0.25) is 5.02 Å². The Labute approximate surface area is 229 Å². The van der Waals surface area contributed by atoms with Gasteiger partial charge in [0.2, 0.25) is 5.91 Å². The van der Waals surface area contributed by atoms with Crippen molar-refractivity contribution in [2.75, 3.05) is 38.1 Å². The number of hydrogen-bond acceptors (Lipinski definition) is 4. The fourth-order valence-corrected chi connectivity index (χ4v) is 5.99. The molecule has 11 heteroatoms. The number of benzene rings is 1. The SMILES string of the molecule is CN1CC[C@H](NC(=O)C2(c3cnc(-c4cccn4C)c(F)c3)CCN(c3ccc(C(F)(F)F)cc3Cl)CC2)C1. The van der Waals surface area contributed by atoms with Gasteiger partial charge in [-0.1, -0.05) is 11.6 Å². The van der Waals surface area contributed by atoms with Crippen LogP contribution >= 0.6 is 11.6 Å². The smallest absolute Gasteiger partial charge is 0.370 e. The number of anilines is 1. The van der Waals surface area contributed by atoms with Crippen molar-refractivity contribution in [3.8, 4) is 11.4 Å². The molecule has 39 heavy (non-hydrogen) atoms. The van der Waals surface area contributed by atoms with Crippen molar-refractivity contribution in [1.29, 1.82) is 0 Å². The maximum atomic E-state index is 15.4. The van der Waals surface area contributed by atoms with E-state index in [1.165, 1.54) is 12.1 Å². The summed E-state index contributed by atoms with van der Waals surface area (Å²) < 4.78 is 56.6. The van der Waals surface area contributed by atoms with Crippen LogP contribution in [0.3, 0.4) is 0 Å². The summed E-state index contributed by atoms with van der Waals surface area (Å²) in [7, 11) is 3.80. The van der Waals surface area contributed by atoms with Crippen LogP contribution in [0.1, 0.15) is 30.4 Å². The number of halogens is 5. The maximum absolute atomic E-state index is 15.4. The first-order valence-electron chi connectivity index (χ1n) is 12.9. The predicted octanol–water partition coefficient (Wildman–Crippen LogP) is 5.26. The van der Waals surface area contributed by atoms with E-state index in [9.17, 15) is 18.0 Å². The molecule has 0 saturated carbocycles. The van der Waals surface area contributed by atoms with E-state index in [0.29, 0.717) is 42.9 Å². The second-order valence-electron chi connectivity index (χ2n) is 10.5. The highest BCUT2D eigenvalue weighted by molar-refractivity contribution is 6.33. The Morgan fingerprint density at radius 2 is 1.87 bits per heavy atom. The number of likely N-dealkylation sites (tertiary alicyclic amines) is 1. The number of aryl methyl sites for hydroxylation is 1. The molecular formula is C28H30ClF4N5O. The monoisotopic (exact) mass is 563 g/mol. The first kappa shape index (κ1) is 27.5. The number of piperidine rings is 1. The lowest BCUT2D eigenvalue weighted by molar-refractivity contribution is -0.137. The molecule has 2 aromatic heterocycles. The number of rotatable bonds is 5.